The van der Waals surface area contributed by atoms with Crippen molar-refractivity contribution in [3.8, 4) is 11.5 Å². The minimum Gasteiger partial charge on any atom is -0.454 e. The SMILES string of the molecule is C[C@H](O)c1cccc(F)c1Oc1ccc2c(c1)CCCC2. The van der Waals surface area contributed by atoms with Gasteiger partial charge in [-0.25, -0.2) is 4.39 Å². The summed E-state index contributed by atoms with van der Waals surface area (Å²) in [5.74, 6) is 0.289. The molecule has 0 fully saturated rings. The Kier molecular flexibility index (Phi) is 3.93. The molecule has 0 aromatic heterocycles. The Balaban J connectivity index is 1.94. The number of hydrogen-bond donors (Lipinski definition) is 1. The van der Waals surface area contributed by atoms with E-state index >= 15 is 0 Å². The maximum atomic E-state index is 14.0. The molecule has 110 valence electrons. The second-order valence-corrected chi connectivity index (χ2v) is 5.57. The van der Waals surface area contributed by atoms with E-state index in [-0.39, 0.29) is 5.75 Å². The first-order valence-corrected chi connectivity index (χ1v) is 7.41. The second kappa shape index (κ2) is 5.86. The van der Waals surface area contributed by atoms with Crippen LogP contribution < -0.4 is 4.74 Å². The van der Waals surface area contributed by atoms with E-state index in [9.17, 15) is 9.50 Å². The zero-order valence-electron chi connectivity index (χ0n) is 12.1. The van der Waals surface area contributed by atoms with Crippen LogP contribution in [0, 0.1) is 5.82 Å². The third kappa shape index (κ3) is 2.93. The molecule has 1 aliphatic carbocycles. The maximum Gasteiger partial charge on any atom is 0.168 e. The molecule has 0 saturated heterocycles. The van der Waals surface area contributed by atoms with Crippen molar-refractivity contribution in [2.45, 2.75) is 38.7 Å². The zero-order chi connectivity index (χ0) is 14.8. The number of para-hydroxylation sites is 1. The van der Waals surface area contributed by atoms with Crippen molar-refractivity contribution in [1.82, 2.24) is 0 Å². The quantitative estimate of drug-likeness (QED) is 0.897. The predicted octanol–water partition coefficient (Wildman–Crippen LogP) is 4.55. The van der Waals surface area contributed by atoms with Crippen LogP contribution in [0.2, 0.25) is 0 Å². The number of aryl methyl sites for hydroxylation is 2. The van der Waals surface area contributed by atoms with E-state index in [0.29, 0.717) is 11.3 Å². The first-order valence-electron chi connectivity index (χ1n) is 7.41. The molecule has 2 aromatic rings. The summed E-state index contributed by atoms with van der Waals surface area (Å²) in [5.41, 5.74) is 3.11. The Hall–Kier alpha value is -1.87. The number of rotatable bonds is 3. The van der Waals surface area contributed by atoms with Crippen LogP contribution in [0.5, 0.6) is 11.5 Å². The van der Waals surface area contributed by atoms with Gasteiger partial charge in [0.1, 0.15) is 5.75 Å². The van der Waals surface area contributed by atoms with Crippen molar-refractivity contribution in [3.63, 3.8) is 0 Å². The van der Waals surface area contributed by atoms with Gasteiger partial charge in [0.15, 0.2) is 11.6 Å². The maximum absolute atomic E-state index is 14.0. The first-order chi connectivity index (χ1) is 10.1. The third-order valence-electron chi connectivity index (χ3n) is 3.99. The van der Waals surface area contributed by atoms with Crippen LogP contribution in [0.3, 0.4) is 0 Å². The number of hydrogen-bond acceptors (Lipinski definition) is 2. The molecular formula is C18H19FO2. The second-order valence-electron chi connectivity index (χ2n) is 5.57. The highest BCUT2D eigenvalue weighted by molar-refractivity contribution is 5.43. The lowest BCUT2D eigenvalue weighted by atomic mass is 9.92. The van der Waals surface area contributed by atoms with Gasteiger partial charge in [0.25, 0.3) is 0 Å². The van der Waals surface area contributed by atoms with Gasteiger partial charge in [0, 0.05) is 5.56 Å². The third-order valence-corrected chi connectivity index (χ3v) is 3.99. The molecule has 1 N–H and O–H groups in total. The van der Waals surface area contributed by atoms with Crippen molar-refractivity contribution in [3.05, 3.63) is 58.9 Å². The predicted molar refractivity (Wildman–Crippen MR) is 80.2 cm³/mol. The Labute approximate surface area is 124 Å². The summed E-state index contributed by atoms with van der Waals surface area (Å²) in [6, 6.07) is 10.5. The fourth-order valence-corrected chi connectivity index (χ4v) is 2.85. The van der Waals surface area contributed by atoms with E-state index in [1.807, 2.05) is 12.1 Å². The molecule has 1 aliphatic rings. The minimum atomic E-state index is -0.770. The zero-order valence-corrected chi connectivity index (χ0v) is 12.1. The molecule has 0 aliphatic heterocycles. The van der Waals surface area contributed by atoms with Gasteiger partial charge in [-0.05, 0) is 61.9 Å². The van der Waals surface area contributed by atoms with Gasteiger partial charge in [-0.2, -0.15) is 0 Å². The van der Waals surface area contributed by atoms with Crippen molar-refractivity contribution in [2.24, 2.45) is 0 Å². The van der Waals surface area contributed by atoms with Crippen molar-refractivity contribution >= 4 is 0 Å². The number of aliphatic hydroxyl groups excluding tert-OH is 1. The van der Waals surface area contributed by atoms with Crippen LogP contribution in [0.1, 0.15) is 42.6 Å². The van der Waals surface area contributed by atoms with E-state index in [0.717, 1.165) is 12.8 Å². The minimum absolute atomic E-state index is 0.114. The van der Waals surface area contributed by atoms with Crippen molar-refractivity contribution in [2.75, 3.05) is 0 Å². The normalized spacial score (nSPS) is 15.4. The van der Waals surface area contributed by atoms with E-state index in [2.05, 4.69) is 6.07 Å². The molecule has 21 heavy (non-hydrogen) atoms. The lowest BCUT2D eigenvalue weighted by Gasteiger charge is -2.18. The molecule has 0 spiro atoms. The molecular weight excluding hydrogens is 267 g/mol. The highest BCUT2D eigenvalue weighted by Crippen LogP contribution is 2.34. The van der Waals surface area contributed by atoms with E-state index < -0.39 is 11.9 Å². The molecule has 2 aromatic carbocycles. The van der Waals surface area contributed by atoms with Crippen LogP contribution in [0.4, 0.5) is 4.39 Å². The fourth-order valence-electron chi connectivity index (χ4n) is 2.85. The number of fused-ring (bicyclic) bond motifs is 1. The van der Waals surface area contributed by atoms with Crippen LogP contribution in [0.25, 0.3) is 0 Å². The van der Waals surface area contributed by atoms with E-state index in [1.54, 1.807) is 19.1 Å². The van der Waals surface area contributed by atoms with Gasteiger partial charge in [-0.1, -0.05) is 18.2 Å². The van der Waals surface area contributed by atoms with Gasteiger partial charge < -0.3 is 9.84 Å². The van der Waals surface area contributed by atoms with Crippen molar-refractivity contribution < 1.29 is 14.2 Å². The molecule has 1 atom stereocenters. The monoisotopic (exact) mass is 286 g/mol. The number of aliphatic hydroxyl groups is 1. The van der Waals surface area contributed by atoms with E-state index in [1.165, 1.54) is 30.0 Å². The van der Waals surface area contributed by atoms with Crippen LogP contribution in [-0.4, -0.2) is 5.11 Å². The van der Waals surface area contributed by atoms with Gasteiger partial charge in [-0.3, -0.25) is 0 Å². The summed E-state index contributed by atoms with van der Waals surface area (Å²) >= 11 is 0. The van der Waals surface area contributed by atoms with Gasteiger partial charge in [0.05, 0.1) is 6.10 Å². The Morgan fingerprint density at radius 1 is 1.10 bits per heavy atom. The molecule has 0 heterocycles. The summed E-state index contributed by atoms with van der Waals surface area (Å²) in [6.07, 6.45) is 3.80. The Bertz CT molecular complexity index is 650. The molecule has 0 amide bonds. The van der Waals surface area contributed by atoms with Crippen LogP contribution in [0.15, 0.2) is 36.4 Å². The molecule has 0 bridgehead atoms. The molecule has 3 heteroatoms. The topological polar surface area (TPSA) is 29.5 Å². The summed E-state index contributed by atoms with van der Waals surface area (Å²) in [4.78, 5) is 0. The number of ether oxygens (including phenoxy) is 1. The molecule has 0 unspecified atom stereocenters. The molecule has 0 radical (unpaired) electrons. The average Bonchev–Trinajstić information content (AvgIpc) is 2.49. The van der Waals surface area contributed by atoms with Crippen LogP contribution in [-0.2, 0) is 12.8 Å². The van der Waals surface area contributed by atoms with Gasteiger partial charge >= 0.3 is 0 Å². The summed E-state index contributed by atoms with van der Waals surface area (Å²) in [6.45, 7) is 1.61. The van der Waals surface area contributed by atoms with Crippen molar-refractivity contribution in [1.29, 1.82) is 0 Å². The summed E-state index contributed by atoms with van der Waals surface area (Å²) in [5, 5.41) is 9.75. The Morgan fingerprint density at radius 2 is 1.86 bits per heavy atom. The average molecular weight is 286 g/mol. The highest BCUT2D eigenvalue weighted by atomic mass is 19.1. The lowest BCUT2D eigenvalue weighted by Crippen LogP contribution is -2.03. The first kappa shape index (κ1) is 14.1. The largest absolute Gasteiger partial charge is 0.454 e. The summed E-state index contributed by atoms with van der Waals surface area (Å²) < 4.78 is 19.7. The molecule has 2 nitrogen and oxygen atoms in total. The Morgan fingerprint density at radius 3 is 2.62 bits per heavy atom. The lowest BCUT2D eigenvalue weighted by molar-refractivity contribution is 0.194. The highest BCUT2D eigenvalue weighted by Gasteiger charge is 2.16. The summed E-state index contributed by atoms with van der Waals surface area (Å²) in [7, 11) is 0. The number of halogens is 1. The van der Waals surface area contributed by atoms with Gasteiger partial charge in [0.2, 0.25) is 0 Å². The molecule has 0 saturated carbocycles. The number of benzene rings is 2. The van der Waals surface area contributed by atoms with E-state index in [4.69, 9.17) is 4.74 Å². The standard InChI is InChI=1S/C18H19FO2/c1-12(20)16-7-4-8-17(19)18(16)21-15-10-9-13-5-2-3-6-14(13)11-15/h4,7-12,20H,2-3,5-6H2,1H3/t12-/m0/s1. The fraction of sp³-hybridized carbons (Fsp3) is 0.333. The molecule has 3 rings (SSSR count). The smallest absolute Gasteiger partial charge is 0.168 e. The van der Waals surface area contributed by atoms with Gasteiger partial charge in [-0.15, -0.1) is 0 Å². The van der Waals surface area contributed by atoms with Crippen LogP contribution >= 0.6 is 0 Å².